The number of likely N-dealkylation sites (N-methyl/N-ethyl adjacent to an activating group) is 1. The Balaban J connectivity index is 1.81. The summed E-state index contributed by atoms with van der Waals surface area (Å²) in [6.45, 7) is 1.70. The lowest BCUT2D eigenvalue weighted by Gasteiger charge is -2.26. The molecule has 1 amide bonds. The SMILES string of the molecule is CN(CCC1CCCCN1)C(=O)Cc1ccc(F)cc1F. The van der Waals surface area contributed by atoms with Gasteiger partial charge in [0.15, 0.2) is 0 Å². The number of hydrogen-bond acceptors (Lipinski definition) is 2. The molecule has 0 aromatic heterocycles. The first-order chi connectivity index (χ1) is 10.1. The van der Waals surface area contributed by atoms with Crippen LogP contribution in [0.4, 0.5) is 8.78 Å². The third-order valence-corrected chi connectivity index (χ3v) is 4.01. The number of carbonyl (C=O) groups is 1. The van der Waals surface area contributed by atoms with E-state index in [9.17, 15) is 13.6 Å². The zero-order valence-corrected chi connectivity index (χ0v) is 12.4. The van der Waals surface area contributed by atoms with E-state index in [1.54, 1.807) is 11.9 Å². The molecule has 5 heteroatoms. The molecule has 1 aromatic carbocycles. The van der Waals surface area contributed by atoms with Crippen molar-refractivity contribution in [1.29, 1.82) is 0 Å². The number of carbonyl (C=O) groups excluding carboxylic acids is 1. The van der Waals surface area contributed by atoms with Crippen LogP contribution in [0.15, 0.2) is 18.2 Å². The highest BCUT2D eigenvalue weighted by atomic mass is 19.1. The highest BCUT2D eigenvalue weighted by molar-refractivity contribution is 5.78. The molecular formula is C16H22F2N2O. The fraction of sp³-hybridized carbons (Fsp3) is 0.562. The maximum absolute atomic E-state index is 13.5. The third kappa shape index (κ3) is 4.77. The van der Waals surface area contributed by atoms with E-state index in [0.717, 1.165) is 25.5 Å². The average molecular weight is 296 g/mol. The second-order valence-electron chi connectivity index (χ2n) is 5.66. The lowest BCUT2D eigenvalue weighted by Crippen LogP contribution is -2.38. The lowest BCUT2D eigenvalue weighted by atomic mass is 10.0. The minimum absolute atomic E-state index is 0.0271. The van der Waals surface area contributed by atoms with Crippen molar-refractivity contribution in [2.75, 3.05) is 20.1 Å². The van der Waals surface area contributed by atoms with Crippen LogP contribution in [0.1, 0.15) is 31.2 Å². The number of piperidine rings is 1. The summed E-state index contributed by atoms with van der Waals surface area (Å²) in [7, 11) is 1.73. The Bertz CT molecular complexity index is 487. The fourth-order valence-electron chi connectivity index (χ4n) is 2.61. The molecule has 116 valence electrons. The summed E-state index contributed by atoms with van der Waals surface area (Å²) in [4.78, 5) is 13.7. The molecule has 21 heavy (non-hydrogen) atoms. The van der Waals surface area contributed by atoms with Crippen molar-refractivity contribution in [3.63, 3.8) is 0 Å². The molecular weight excluding hydrogens is 274 g/mol. The molecule has 1 heterocycles. The molecule has 0 bridgehead atoms. The molecule has 1 aromatic rings. The summed E-state index contributed by atoms with van der Waals surface area (Å²) >= 11 is 0. The van der Waals surface area contributed by atoms with E-state index in [4.69, 9.17) is 0 Å². The number of halogens is 2. The van der Waals surface area contributed by atoms with Crippen molar-refractivity contribution in [1.82, 2.24) is 10.2 Å². The normalized spacial score (nSPS) is 18.5. The standard InChI is InChI=1S/C16H22F2N2O/c1-20(9-7-14-4-2-3-8-19-14)16(21)10-12-5-6-13(17)11-15(12)18/h5-6,11,14,19H,2-4,7-10H2,1H3. The Morgan fingerprint density at radius 1 is 1.38 bits per heavy atom. The van der Waals surface area contributed by atoms with Gasteiger partial charge in [-0.2, -0.15) is 0 Å². The summed E-state index contributed by atoms with van der Waals surface area (Å²) < 4.78 is 26.4. The number of rotatable bonds is 5. The molecule has 1 aliphatic rings. The largest absolute Gasteiger partial charge is 0.345 e. The van der Waals surface area contributed by atoms with Crippen molar-refractivity contribution in [2.24, 2.45) is 0 Å². The van der Waals surface area contributed by atoms with E-state index in [1.165, 1.54) is 25.0 Å². The molecule has 0 aliphatic carbocycles. The first-order valence-electron chi connectivity index (χ1n) is 7.47. The molecule has 0 spiro atoms. The quantitative estimate of drug-likeness (QED) is 0.905. The van der Waals surface area contributed by atoms with Gasteiger partial charge < -0.3 is 10.2 Å². The van der Waals surface area contributed by atoms with Gasteiger partial charge in [-0.1, -0.05) is 12.5 Å². The molecule has 3 nitrogen and oxygen atoms in total. The van der Waals surface area contributed by atoms with Gasteiger partial charge in [0.2, 0.25) is 5.91 Å². The van der Waals surface area contributed by atoms with Gasteiger partial charge >= 0.3 is 0 Å². The first kappa shape index (κ1) is 15.9. The molecule has 0 saturated carbocycles. The molecule has 1 N–H and O–H groups in total. The van der Waals surface area contributed by atoms with E-state index in [0.29, 0.717) is 12.6 Å². The van der Waals surface area contributed by atoms with Gasteiger partial charge in [-0.3, -0.25) is 4.79 Å². The smallest absolute Gasteiger partial charge is 0.226 e. The average Bonchev–Trinajstić information content (AvgIpc) is 2.48. The first-order valence-corrected chi connectivity index (χ1v) is 7.47. The maximum atomic E-state index is 13.5. The number of benzene rings is 1. The van der Waals surface area contributed by atoms with Gasteiger partial charge in [0.05, 0.1) is 6.42 Å². The summed E-state index contributed by atoms with van der Waals surface area (Å²) in [5.41, 5.74) is 0.240. The van der Waals surface area contributed by atoms with Crippen LogP contribution in [-0.2, 0) is 11.2 Å². The monoisotopic (exact) mass is 296 g/mol. The number of hydrogen-bond donors (Lipinski definition) is 1. The maximum Gasteiger partial charge on any atom is 0.226 e. The fourth-order valence-corrected chi connectivity index (χ4v) is 2.61. The van der Waals surface area contributed by atoms with Crippen molar-refractivity contribution in [3.8, 4) is 0 Å². The molecule has 1 fully saturated rings. The van der Waals surface area contributed by atoms with Gasteiger partial charge in [-0.05, 0) is 37.4 Å². The summed E-state index contributed by atoms with van der Waals surface area (Å²) in [6.07, 6.45) is 4.48. The van der Waals surface area contributed by atoms with Gasteiger partial charge in [0.25, 0.3) is 0 Å². The van der Waals surface area contributed by atoms with Crippen LogP contribution >= 0.6 is 0 Å². The van der Waals surface area contributed by atoms with E-state index in [2.05, 4.69) is 5.32 Å². The summed E-state index contributed by atoms with van der Waals surface area (Å²) in [5.74, 6) is -1.43. The van der Waals surface area contributed by atoms with Crippen molar-refractivity contribution in [3.05, 3.63) is 35.4 Å². The van der Waals surface area contributed by atoms with Crippen molar-refractivity contribution in [2.45, 2.75) is 38.1 Å². The van der Waals surface area contributed by atoms with Crippen LogP contribution < -0.4 is 5.32 Å². The number of amides is 1. The van der Waals surface area contributed by atoms with Crippen LogP contribution in [0.5, 0.6) is 0 Å². The molecule has 0 radical (unpaired) electrons. The van der Waals surface area contributed by atoms with Crippen LogP contribution in [0, 0.1) is 11.6 Å². The van der Waals surface area contributed by atoms with Gasteiger partial charge in [0, 0.05) is 25.7 Å². The zero-order valence-electron chi connectivity index (χ0n) is 12.4. The summed E-state index contributed by atoms with van der Waals surface area (Å²) in [6, 6.07) is 3.79. The van der Waals surface area contributed by atoms with E-state index in [1.807, 2.05) is 0 Å². The number of nitrogens with zero attached hydrogens (tertiary/aromatic N) is 1. The predicted octanol–water partition coefficient (Wildman–Crippen LogP) is 2.50. The van der Waals surface area contributed by atoms with Gasteiger partial charge in [0.1, 0.15) is 11.6 Å². The van der Waals surface area contributed by atoms with Crippen LogP contribution in [-0.4, -0.2) is 37.0 Å². The lowest BCUT2D eigenvalue weighted by molar-refractivity contribution is -0.129. The predicted molar refractivity (Wildman–Crippen MR) is 78.0 cm³/mol. The summed E-state index contributed by atoms with van der Waals surface area (Å²) in [5, 5.41) is 3.44. The topological polar surface area (TPSA) is 32.3 Å². The highest BCUT2D eigenvalue weighted by Gasteiger charge is 2.16. The number of nitrogens with one attached hydrogen (secondary N) is 1. The van der Waals surface area contributed by atoms with Crippen LogP contribution in [0.2, 0.25) is 0 Å². The Labute approximate surface area is 124 Å². The Kier molecular flexibility index (Phi) is 5.67. The molecule has 2 rings (SSSR count). The molecule has 1 atom stereocenters. The minimum atomic E-state index is -0.661. The zero-order chi connectivity index (χ0) is 15.2. The Morgan fingerprint density at radius 2 is 2.19 bits per heavy atom. The molecule has 1 saturated heterocycles. The molecule has 1 aliphatic heterocycles. The highest BCUT2D eigenvalue weighted by Crippen LogP contribution is 2.13. The van der Waals surface area contributed by atoms with Gasteiger partial charge in [-0.25, -0.2) is 8.78 Å². The van der Waals surface area contributed by atoms with Crippen molar-refractivity contribution < 1.29 is 13.6 Å². The Morgan fingerprint density at radius 3 is 2.86 bits per heavy atom. The van der Waals surface area contributed by atoms with Crippen LogP contribution in [0.25, 0.3) is 0 Å². The third-order valence-electron chi connectivity index (χ3n) is 4.01. The second-order valence-corrected chi connectivity index (χ2v) is 5.66. The van der Waals surface area contributed by atoms with E-state index < -0.39 is 11.6 Å². The van der Waals surface area contributed by atoms with Crippen molar-refractivity contribution >= 4 is 5.91 Å². The second kappa shape index (κ2) is 7.50. The van der Waals surface area contributed by atoms with E-state index >= 15 is 0 Å². The van der Waals surface area contributed by atoms with Crippen LogP contribution in [0.3, 0.4) is 0 Å². The van der Waals surface area contributed by atoms with E-state index in [-0.39, 0.29) is 17.9 Å². The Hall–Kier alpha value is -1.49. The minimum Gasteiger partial charge on any atom is -0.345 e. The van der Waals surface area contributed by atoms with Gasteiger partial charge in [-0.15, -0.1) is 0 Å². The molecule has 1 unspecified atom stereocenters.